The third-order valence-electron chi connectivity index (χ3n) is 4.96. The summed E-state index contributed by atoms with van der Waals surface area (Å²) in [6.07, 6.45) is 0.116. The maximum Gasteiger partial charge on any atom is 0.309 e. The number of rotatable bonds is 7. The molecule has 0 bridgehead atoms. The predicted octanol–water partition coefficient (Wildman–Crippen LogP) is 5.41. The number of hydrogen-bond acceptors (Lipinski definition) is 5. The van der Waals surface area contributed by atoms with E-state index in [1.807, 2.05) is 30.3 Å². The Kier molecular flexibility index (Phi) is 6.47. The van der Waals surface area contributed by atoms with E-state index in [1.165, 1.54) is 7.11 Å². The number of esters is 1. The summed E-state index contributed by atoms with van der Waals surface area (Å²) in [6.45, 7) is 0.259. The molecule has 1 aromatic heterocycles. The second-order valence-corrected chi connectivity index (χ2v) is 7.67. The van der Waals surface area contributed by atoms with Gasteiger partial charge in [-0.15, -0.1) is 0 Å². The minimum absolute atomic E-state index is 0.116. The average Bonchev–Trinajstić information content (AvgIpc) is 2.82. The zero-order chi connectivity index (χ0) is 22.5. The maximum absolute atomic E-state index is 13.0. The smallest absolute Gasteiger partial charge is 0.309 e. The van der Waals surface area contributed by atoms with Crippen LogP contribution < -0.4 is 4.74 Å². The van der Waals surface area contributed by atoms with Crippen molar-refractivity contribution in [2.75, 3.05) is 7.11 Å². The lowest BCUT2D eigenvalue weighted by molar-refractivity contribution is -0.139. The van der Waals surface area contributed by atoms with Crippen molar-refractivity contribution in [1.82, 2.24) is 4.98 Å². The van der Waals surface area contributed by atoms with Gasteiger partial charge in [-0.25, -0.2) is 4.98 Å². The fourth-order valence-electron chi connectivity index (χ4n) is 3.33. The Morgan fingerprint density at radius 1 is 0.906 bits per heavy atom. The number of fused-ring (bicyclic) bond motifs is 1. The third-order valence-corrected chi connectivity index (χ3v) is 5.20. The molecule has 0 unspecified atom stereocenters. The molecule has 0 radical (unpaired) electrons. The van der Waals surface area contributed by atoms with Gasteiger partial charge in [0.2, 0.25) is 0 Å². The number of halogens is 1. The van der Waals surface area contributed by atoms with Crippen LogP contribution in [0.25, 0.3) is 10.9 Å². The molecule has 0 fully saturated rings. The first kappa shape index (κ1) is 21.5. The van der Waals surface area contributed by atoms with Crippen LogP contribution in [0.3, 0.4) is 0 Å². The van der Waals surface area contributed by atoms with Crippen molar-refractivity contribution in [3.63, 3.8) is 0 Å². The number of aromatic nitrogens is 1. The summed E-state index contributed by atoms with van der Waals surface area (Å²) < 4.78 is 10.6. The lowest BCUT2D eigenvalue weighted by atomic mass is 10.00. The number of hydrogen-bond donors (Lipinski definition) is 0. The van der Waals surface area contributed by atoms with Crippen molar-refractivity contribution in [2.24, 2.45) is 0 Å². The van der Waals surface area contributed by atoms with Crippen LogP contribution in [0.1, 0.15) is 27.2 Å². The molecule has 0 amide bonds. The molecule has 6 heteroatoms. The van der Waals surface area contributed by atoms with Gasteiger partial charge in [-0.2, -0.15) is 0 Å². The van der Waals surface area contributed by atoms with Crippen LogP contribution in [0.5, 0.6) is 5.75 Å². The molecular weight excluding hydrogens is 426 g/mol. The standard InChI is InChI=1S/C26H20ClNO4/c1-31-25(29)13-17-4-2-5-19(12-17)26(30)20-6-3-7-23(14-20)32-16-22-11-9-18-8-10-21(27)15-24(18)28-22/h2-12,14-15H,13,16H2,1H3. The van der Waals surface area contributed by atoms with Crippen molar-refractivity contribution in [3.05, 3.63) is 106 Å². The van der Waals surface area contributed by atoms with Gasteiger partial charge in [0, 0.05) is 21.5 Å². The minimum atomic E-state index is -0.352. The Hall–Kier alpha value is -3.70. The summed E-state index contributed by atoms with van der Waals surface area (Å²) in [5, 5.41) is 1.63. The third kappa shape index (κ3) is 5.13. The van der Waals surface area contributed by atoms with Gasteiger partial charge in [-0.3, -0.25) is 9.59 Å². The number of ether oxygens (including phenoxy) is 2. The summed E-state index contributed by atoms with van der Waals surface area (Å²) >= 11 is 6.06. The second kappa shape index (κ2) is 9.62. The Morgan fingerprint density at radius 2 is 1.66 bits per heavy atom. The number of ketones is 1. The predicted molar refractivity (Wildman–Crippen MR) is 123 cm³/mol. The normalized spacial score (nSPS) is 10.7. The second-order valence-electron chi connectivity index (χ2n) is 7.24. The van der Waals surface area contributed by atoms with Gasteiger partial charge in [0.15, 0.2) is 5.78 Å². The van der Waals surface area contributed by atoms with Crippen molar-refractivity contribution >= 4 is 34.3 Å². The minimum Gasteiger partial charge on any atom is -0.487 e. The molecule has 4 rings (SSSR count). The number of nitrogens with zero attached hydrogens (tertiary/aromatic N) is 1. The number of carbonyl (C=O) groups is 2. The lowest BCUT2D eigenvalue weighted by Gasteiger charge is -2.09. The number of methoxy groups -OCH3 is 1. The first-order valence-corrected chi connectivity index (χ1v) is 10.4. The zero-order valence-electron chi connectivity index (χ0n) is 17.4. The highest BCUT2D eigenvalue weighted by atomic mass is 35.5. The van der Waals surface area contributed by atoms with Crippen molar-refractivity contribution in [2.45, 2.75) is 13.0 Å². The summed E-state index contributed by atoms with van der Waals surface area (Å²) in [6, 6.07) is 23.4. The van der Waals surface area contributed by atoms with Crippen LogP contribution in [0.4, 0.5) is 0 Å². The van der Waals surface area contributed by atoms with Crippen LogP contribution >= 0.6 is 11.6 Å². The van der Waals surface area contributed by atoms with Crippen LogP contribution in [0.15, 0.2) is 78.9 Å². The largest absolute Gasteiger partial charge is 0.487 e. The Labute approximate surface area is 190 Å². The summed E-state index contributed by atoms with van der Waals surface area (Å²) in [5.41, 5.74) is 3.27. The molecule has 0 N–H and O–H groups in total. The maximum atomic E-state index is 13.0. The van der Waals surface area contributed by atoms with Crippen molar-refractivity contribution in [1.29, 1.82) is 0 Å². The van der Waals surface area contributed by atoms with E-state index in [0.29, 0.717) is 21.9 Å². The summed E-state index contributed by atoms with van der Waals surface area (Å²) in [7, 11) is 1.34. The van der Waals surface area contributed by atoms with Gasteiger partial charge in [-0.05, 0) is 42.0 Å². The Balaban J connectivity index is 1.48. The number of carbonyl (C=O) groups excluding carboxylic acids is 2. The van der Waals surface area contributed by atoms with Crippen LogP contribution in [0.2, 0.25) is 5.02 Å². The molecular formula is C26H20ClNO4. The molecule has 3 aromatic carbocycles. The van der Waals surface area contributed by atoms with E-state index in [2.05, 4.69) is 4.98 Å². The average molecular weight is 446 g/mol. The molecule has 0 aliphatic heterocycles. The van der Waals surface area contributed by atoms with E-state index < -0.39 is 0 Å². The SMILES string of the molecule is COC(=O)Cc1cccc(C(=O)c2cccc(OCc3ccc4ccc(Cl)cc4n3)c2)c1. The van der Waals surface area contributed by atoms with E-state index in [0.717, 1.165) is 22.2 Å². The topological polar surface area (TPSA) is 65.5 Å². The van der Waals surface area contributed by atoms with Gasteiger partial charge in [0.1, 0.15) is 12.4 Å². The van der Waals surface area contributed by atoms with Crippen LogP contribution in [-0.4, -0.2) is 23.8 Å². The quantitative estimate of drug-likeness (QED) is 0.281. The van der Waals surface area contributed by atoms with E-state index in [4.69, 9.17) is 21.1 Å². The molecule has 0 saturated carbocycles. The number of pyridine rings is 1. The molecule has 0 saturated heterocycles. The Bertz CT molecular complexity index is 1300. The highest BCUT2D eigenvalue weighted by molar-refractivity contribution is 6.31. The monoisotopic (exact) mass is 445 g/mol. The molecule has 160 valence electrons. The van der Waals surface area contributed by atoms with Gasteiger partial charge >= 0.3 is 5.97 Å². The highest BCUT2D eigenvalue weighted by Gasteiger charge is 2.12. The fourth-order valence-corrected chi connectivity index (χ4v) is 3.49. The van der Waals surface area contributed by atoms with E-state index in [1.54, 1.807) is 48.5 Å². The zero-order valence-corrected chi connectivity index (χ0v) is 18.1. The summed E-state index contributed by atoms with van der Waals surface area (Å²) in [4.78, 5) is 29.1. The lowest BCUT2D eigenvalue weighted by Crippen LogP contribution is -2.07. The van der Waals surface area contributed by atoms with Crippen molar-refractivity contribution < 1.29 is 19.1 Å². The molecule has 1 heterocycles. The van der Waals surface area contributed by atoms with Crippen LogP contribution in [0, 0.1) is 0 Å². The highest BCUT2D eigenvalue weighted by Crippen LogP contribution is 2.21. The number of benzene rings is 3. The van der Waals surface area contributed by atoms with Gasteiger partial charge < -0.3 is 9.47 Å². The fraction of sp³-hybridized carbons (Fsp3) is 0.115. The molecule has 32 heavy (non-hydrogen) atoms. The molecule has 0 aliphatic rings. The van der Waals surface area contributed by atoms with E-state index >= 15 is 0 Å². The van der Waals surface area contributed by atoms with Crippen LogP contribution in [-0.2, 0) is 22.6 Å². The Morgan fingerprint density at radius 3 is 2.47 bits per heavy atom. The van der Waals surface area contributed by atoms with Gasteiger partial charge in [-0.1, -0.05) is 54.1 Å². The molecule has 4 aromatic rings. The molecule has 5 nitrogen and oxygen atoms in total. The summed E-state index contributed by atoms with van der Waals surface area (Å²) in [5.74, 6) is 0.0600. The first-order chi connectivity index (χ1) is 15.5. The van der Waals surface area contributed by atoms with Gasteiger partial charge in [0.05, 0.1) is 24.7 Å². The van der Waals surface area contributed by atoms with E-state index in [-0.39, 0.29) is 24.8 Å². The molecule has 0 spiro atoms. The van der Waals surface area contributed by atoms with Crippen molar-refractivity contribution in [3.8, 4) is 5.75 Å². The molecule has 0 atom stereocenters. The first-order valence-electron chi connectivity index (χ1n) is 10.0. The van der Waals surface area contributed by atoms with E-state index in [9.17, 15) is 9.59 Å². The molecule has 0 aliphatic carbocycles. The van der Waals surface area contributed by atoms with Gasteiger partial charge in [0.25, 0.3) is 0 Å².